The molecule has 29 heavy (non-hydrogen) atoms. The Hall–Kier alpha value is -0.300. The summed E-state index contributed by atoms with van der Waals surface area (Å²) in [6.45, 7) is 15.7. The van der Waals surface area contributed by atoms with Crippen LogP contribution in [0.15, 0.2) is 11.6 Å². The van der Waals surface area contributed by atoms with Crippen molar-refractivity contribution in [3.8, 4) is 0 Å². The fraction of sp³-hybridized carbons (Fsp3) is 0.929. The lowest BCUT2D eigenvalue weighted by Crippen LogP contribution is -2.62. The Morgan fingerprint density at radius 3 is 2.41 bits per heavy atom. The van der Waals surface area contributed by atoms with Crippen molar-refractivity contribution in [2.24, 2.45) is 51.2 Å². The minimum Gasteiger partial charge on any atom is -0.393 e. The molecule has 5 aliphatic rings. The third-order valence-corrected chi connectivity index (χ3v) is 12.4. The van der Waals surface area contributed by atoms with Crippen LogP contribution in [0.4, 0.5) is 0 Å². The smallest absolute Gasteiger partial charge is 0.0543 e. The van der Waals surface area contributed by atoms with Gasteiger partial charge in [-0.25, -0.2) is 0 Å². The fourth-order valence-corrected chi connectivity index (χ4v) is 9.98. The van der Waals surface area contributed by atoms with Gasteiger partial charge < -0.3 is 5.11 Å². The van der Waals surface area contributed by atoms with Gasteiger partial charge in [-0.2, -0.15) is 0 Å². The van der Waals surface area contributed by atoms with E-state index < -0.39 is 0 Å². The second-order valence-electron chi connectivity index (χ2n) is 13.4. The van der Waals surface area contributed by atoms with E-state index in [0.29, 0.717) is 21.7 Å². The van der Waals surface area contributed by atoms with E-state index in [0.717, 1.165) is 42.4 Å². The molecule has 1 heteroatoms. The van der Waals surface area contributed by atoms with Crippen molar-refractivity contribution in [3.05, 3.63) is 11.6 Å². The summed E-state index contributed by atoms with van der Waals surface area (Å²) in [5.74, 6) is 4.05. The molecule has 5 rings (SSSR count). The van der Waals surface area contributed by atoms with Gasteiger partial charge in [-0.3, -0.25) is 0 Å². The first-order valence-electron chi connectivity index (χ1n) is 12.9. The number of hydrogen-bond donors (Lipinski definition) is 1. The summed E-state index contributed by atoms with van der Waals surface area (Å²) in [6.07, 6.45) is 15.8. The summed E-state index contributed by atoms with van der Waals surface area (Å²) in [6, 6.07) is 0. The molecule has 0 saturated heterocycles. The number of aliphatic hydroxyl groups excluding tert-OH is 1. The Kier molecular flexibility index (Phi) is 4.52. The van der Waals surface area contributed by atoms with Crippen LogP contribution in [0.1, 0.15) is 106 Å². The van der Waals surface area contributed by atoms with Gasteiger partial charge in [0.1, 0.15) is 0 Å². The van der Waals surface area contributed by atoms with E-state index >= 15 is 0 Å². The van der Waals surface area contributed by atoms with Gasteiger partial charge >= 0.3 is 0 Å². The van der Waals surface area contributed by atoms with Gasteiger partial charge in [0.25, 0.3) is 0 Å². The maximum Gasteiger partial charge on any atom is 0.0543 e. The van der Waals surface area contributed by atoms with E-state index in [2.05, 4.69) is 47.6 Å². The third-order valence-electron chi connectivity index (χ3n) is 12.4. The standard InChI is InChI=1S/C28H46O/c1-18-9-12-25(3)15-16-27(5)22(24(25)19(18)2)7-8-23-26(4)13-11-21(29)17-20(26)10-14-28(23,27)6/h7,18-21,23-24,29H,8-17H2,1-6H3. The van der Waals surface area contributed by atoms with Crippen molar-refractivity contribution >= 4 is 0 Å². The van der Waals surface area contributed by atoms with E-state index in [4.69, 9.17) is 0 Å². The van der Waals surface area contributed by atoms with E-state index in [-0.39, 0.29) is 6.10 Å². The Morgan fingerprint density at radius 2 is 1.66 bits per heavy atom. The Bertz CT molecular complexity index is 709. The average molecular weight is 399 g/mol. The zero-order valence-corrected chi connectivity index (χ0v) is 20.1. The van der Waals surface area contributed by atoms with Crippen molar-refractivity contribution in [2.75, 3.05) is 0 Å². The topological polar surface area (TPSA) is 20.2 Å². The van der Waals surface area contributed by atoms with E-state index in [1.807, 2.05) is 5.57 Å². The molecule has 0 bridgehead atoms. The van der Waals surface area contributed by atoms with Crippen molar-refractivity contribution in [2.45, 2.75) is 112 Å². The van der Waals surface area contributed by atoms with E-state index in [9.17, 15) is 5.11 Å². The lowest BCUT2D eigenvalue weighted by Gasteiger charge is -2.70. The summed E-state index contributed by atoms with van der Waals surface area (Å²) in [5.41, 5.74) is 3.68. The highest BCUT2D eigenvalue weighted by Gasteiger charge is 2.66. The molecule has 1 N–H and O–H groups in total. The van der Waals surface area contributed by atoms with Crippen LogP contribution < -0.4 is 0 Å². The van der Waals surface area contributed by atoms with Crippen LogP contribution >= 0.6 is 0 Å². The first kappa shape index (κ1) is 20.6. The van der Waals surface area contributed by atoms with Gasteiger partial charge in [0.2, 0.25) is 0 Å². The first-order chi connectivity index (χ1) is 13.6. The van der Waals surface area contributed by atoms with Crippen LogP contribution in [0.2, 0.25) is 0 Å². The molecule has 0 aromatic carbocycles. The molecule has 0 amide bonds. The van der Waals surface area contributed by atoms with Crippen LogP contribution in [0.25, 0.3) is 0 Å². The van der Waals surface area contributed by atoms with Gasteiger partial charge in [-0.05, 0) is 115 Å². The van der Waals surface area contributed by atoms with Gasteiger partial charge in [-0.1, -0.05) is 53.2 Å². The summed E-state index contributed by atoms with van der Waals surface area (Å²) in [7, 11) is 0. The third kappa shape index (κ3) is 2.55. The molecular formula is C28H46O. The summed E-state index contributed by atoms with van der Waals surface area (Å²) in [4.78, 5) is 0. The summed E-state index contributed by atoms with van der Waals surface area (Å²) < 4.78 is 0. The minimum atomic E-state index is -0.0392. The molecule has 164 valence electrons. The van der Waals surface area contributed by atoms with Crippen LogP contribution in [-0.4, -0.2) is 11.2 Å². The van der Waals surface area contributed by atoms with Crippen LogP contribution in [0.3, 0.4) is 0 Å². The van der Waals surface area contributed by atoms with Crippen LogP contribution in [0.5, 0.6) is 0 Å². The van der Waals surface area contributed by atoms with Crippen molar-refractivity contribution in [1.29, 1.82) is 0 Å². The zero-order chi connectivity index (χ0) is 20.8. The predicted molar refractivity (Wildman–Crippen MR) is 121 cm³/mol. The van der Waals surface area contributed by atoms with Crippen molar-refractivity contribution in [3.63, 3.8) is 0 Å². The highest BCUT2D eigenvalue weighted by atomic mass is 16.3. The SMILES string of the molecule is CC1CCC2(C)CCC3(C)C(=CCC4C5(C)CCC(O)CC5CCC43C)C2C1C. The Morgan fingerprint density at radius 1 is 0.897 bits per heavy atom. The molecule has 4 saturated carbocycles. The maximum atomic E-state index is 10.4. The largest absolute Gasteiger partial charge is 0.393 e. The van der Waals surface area contributed by atoms with Crippen LogP contribution in [0, 0.1) is 51.2 Å². The average Bonchev–Trinajstić information content (AvgIpc) is 2.67. The second kappa shape index (κ2) is 6.36. The molecule has 0 radical (unpaired) electrons. The Labute approximate surface area is 180 Å². The molecule has 0 aliphatic heterocycles. The van der Waals surface area contributed by atoms with E-state index in [1.54, 1.807) is 0 Å². The molecule has 4 fully saturated rings. The molecule has 5 aliphatic carbocycles. The van der Waals surface area contributed by atoms with Gasteiger partial charge in [0.15, 0.2) is 0 Å². The fourth-order valence-electron chi connectivity index (χ4n) is 9.98. The number of allylic oxidation sites excluding steroid dienone is 2. The molecular weight excluding hydrogens is 352 g/mol. The molecule has 0 spiro atoms. The molecule has 0 aromatic rings. The monoisotopic (exact) mass is 398 g/mol. The number of rotatable bonds is 0. The highest BCUT2D eigenvalue weighted by molar-refractivity contribution is 5.33. The molecule has 1 nitrogen and oxygen atoms in total. The van der Waals surface area contributed by atoms with Crippen molar-refractivity contribution in [1.82, 2.24) is 0 Å². The lowest BCUT2D eigenvalue weighted by molar-refractivity contribution is -0.166. The number of aliphatic hydroxyl groups is 1. The summed E-state index contributed by atoms with van der Waals surface area (Å²) in [5, 5.41) is 10.4. The highest BCUT2D eigenvalue weighted by Crippen LogP contribution is 2.74. The quantitative estimate of drug-likeness (QED) is 0.422. The molecule has 0 heterocycles. The van der Waals surface area contributed by atoms with Gasteiger partial charge in [0.05, 0.1) is 6.10 Å². The van der Waals surface area contributed by atoms with Crippen LogP contribution in [-0.2, 0) is 0 Å². The maximum absolute atomic E-state index is 10.4. The lowest BCUT2D eigenvalue weighted by atomic mass is 9.35. The molecule has 10 unspecified atom stereocenters. The number of hydrogen-bond acceptors (Lipinski definition) is 1. The van der Waals surface area contributed by atoms with E-state index in [1.165, 1.54) is 51.4 Å². The normalized spacial score (nSPS) is 59.6. The Balaban J connectivity index is 1.57. The van der Waals surface area contributed by atoms with Gasteiger partial charge in [0, 0.05) is 0 Å². The minimum absolute atomic E-state index is 0.0392. The molecule has 0 aromatic heterocycles. The summed E-state index contributed by atoms with van der Waals surface area (Å²) >= 11 is 0. The number of fused-ring (bicyclic) bond motifs is 7. The first-order valence-corrected chi connectivity index (χ1v) is 12.9. The second-order valence-corrected chi connectivity index (χ2v) is 13.4. The van der Waals surface area contributed by atoms with Gasteiger partial charge in [-0.15, -0.1) is 0 Å². The molecule has 10 atom stereocenters. The zero-order valence-electron chi connectivity index (χ0n) is 20.1. The van der Waals surface area contributed by atoms with Crippen molar-refractivity contribution < 1.29 is 5.11 Å². The predicted octanol–water partition coefficient (Wildman–Crippen LogP) is 7.39.